The van der Waals surface area contributed by atoms with E-state index in [1.54, 1.807) is 39.5 Å². The number of esters is 1. The number of aromatic nitrogens is 1. The lowest BCUT2D eigenvalue weighted by Crippen LogP contribution is -2.39. The molecule has 0 saturated carbocycles. The Balaban J connectivity index is 1.53. The zero-order valence-electron chi connectivity index (χ0n) is 23.4. The third-order valence-corrected chi connectivity index (χ3v) is 7.70. The number of benzene rings is 3. The first-order chi connectivity index (χ1) is 20.0. The molecule has 0 bridgehead atoms. The van der Waals surface area contributed by atoms with Gasteiger partial charge in [-0.05, 0) is 25.8 Å². The highest BCUT2D eigenvalue weighted by Crippen LogP contribution is 2.48. The fourth-order valence-corrected chi connectivity index (χ4v) is 5.84. The standard InChI is InChI=1S/C31H31N3O7/c1-5-40-31(36)17-9-8-12-34(16-17)22-15-21(32-18-13-23(37-2)30(39-4)24(14-18)38-3)25-26-27(22)33-41-29(26)20-11-7-6-10-19(20)28(25)35/h6-7,10-11,13-15,17,32H,5,8-9,12,16H2,1-4H3. The number of fused-ring (bicyclic) bond motifs is 2. The second-order valence-corrected chi connectivity index (χ2v) is 10.0. The molecule has 1 aromatic heterocycles. The summed E-state index contributed by atoms with van der Waals surface area (Å²) in [5.41, 5.74) is 4.27. The lowest BCUT2D eigenvalue weighted by Gasteiger charge is -2.34. The molecule has 3 aromatic carbocycles. The third-order valence-electron chi connectivity index (χ3n) is 7.70. The number of piperidine rings is 1. The van der Waals surface area contributed by atoms with Crippen LogP contribution in [0.1, 0.15) is 35.7 Å². The molecule has 1 aliphatic heterocycles. The quantitative estimate of drug-likeness (QED) is 0.242. The summed E-state index contributed by atoms with van der Waals surface area (Å²) in [6, 6.07) is 12.8. The van der Waals surface area contributed by atoms with Crippen molar-refractivity contribution in [3.63, 3.8) is 0 Å². The first-order valence-electron chi connectivity index (χ1n) is 13.6. The molecule has 1 unspecified atom stereocenters. The fraction of sp³-hybridized carbons (Fsp3) is 0.323. The molecule has 2 aliphatic rings. The Morgan fingerprint density at radius 2 is 1.80 bits per heavy atom. The van der Waals surface area contributed by atoms with Crippen molar-refractivity contribution in [3.05, 3.63) is 53.6 Å². The van der Waals surface area contributed by atoms with Crippen molar-refractivity contribution < 1.29 is 33.1 Å². The van der Waals surface area contributed by atoms with E-state index in [-0.39, 0.29) is 17.7 Å². The summed E-state index contributed by atoms with van der Waals surface area (Å²) >= 11 is 0. The maximum atomic E-state index is 14.0. The Bertz CT molecular complexity index is 1640. The minimum Gasteiger partial charge on any atom is -0.493 e. The number of methoxy groups -OCH3 is 3. The summed E-state index contributed by atoms with van der Waals surface area (Å²) < 4.78 is 27.8. The summed E-state index contributed by atoms with van der Waals surface area (Å²) in [6.45, 7) is 3.35. The Labute approximate surface area is 237 Å². The number of hydrogen-bond donors (Lipinski definition) is 1. The minimum absolute atomic E-state index is 0.133. The molecular formula is C31H31N3O7. The number of carbonyl (C=O) groups is 2. The van der Waals surface area contributed by atoms with Crippen molar-refractivity contribution in [2.24, 2.45) is 5.92 Å². The fourth-order valence-electron chi connectivity index (χ4n) is 5.84. The van der Waals surface area contributed by atoms with E-state index in [1.165, 1.54) is 0 Å². The Morgan fingerprint density at radius 3 is 2.49 bits per heavy atom. The number of ketones is 1. The Kier molecular flexibility index (Phi) is 6.90. The van der Waals surface area contributed by atoms with Gasteiger partial charge >= 0.3 is 5.97 Å². The van der Waals surface area contributed by atoms with Crippen LogP contribution >= 0.6 is 0 Å². The van der Waals surface area contributed by atoms with Crippen LogP contribution in [0, 0.1) is 5.92 Å². The van der Waals surface area contributed by atoms with Gasteiger partial charge in [0.25, 0.3) is 0 Å². The minimum atomic E-state index is -0.258. The van der Waals surface area contributed by atoms with Crippen molar-refractivity contribution in [1.29, 1.82) is 0 Å². The smallest absolute Gasteiger partial charge is 0.310 e. The molecule has 1 aliphatic carbocycles. The SMILES string of the molecule is CCOC(=O)C1CCCN(c2cc(Nc3cc(OC)c(OC)c(OC)c3)c3c4c(onc24)-c2ccccc2C3=O)C1. The number of ether oxygens (including phenoxy) is 4. The third kappa shape index (κ3) is 4.39. The normalized spacial score (nSPS) is 15.9. The average molecular weight is 558 g/mol. The number of nitrogens with one attached hydrogen (secondary N) is 1. The number of carbonyl (C=O) groups excluding carboxylic acids is 2. The van der Waals surface area contributed by atoms with Gasteiger partial charge in [-0.15, -0.1) is 0 Å². The summed E-state index contributed by atoms with van der Waals surface area (Å²) in [5, 5.41) is 8.54. The van der Waals surface area contributed by atoms with E-state index in [9.17, 15) is 9.59 Å². The first-order valence-corrected chi connectivity index (χ1v) is 13.6. The number of nitrogens with zero attached hydrogens (tertiary/aromatic N) is 2. The van der Waals surface area contributed by atoms with E-state index in [4.69, 9.17) is 23.5 Å². The highest BCUT2D eigenvalue weighted by atomic mass is 16.5. The van der Waals surface area contributed by atoms with Crippen molar-refractivity contribution in [1.82, 2.24) is 5.16 Å². The van der Waals surface area contributed by atoms with Crippen LogP contribution in [0.2, 0.25) is 0 Å². The molecular weight excluding hydrogens is 526 g/mol. The van der Waals surface area contributed by atoms with Crippen LogP contribution in [0.25, 0.3) is 22.2 Å². The molecule has 10 heteroatoms. The zero-order chi connectivity index (χ0) is 28.7. The molecule has 0 spiro atoms. The van der Waals surface area contributed by atoms with Crippen LogP contribution < -0.4 is 24.4 Å². The van der Waals surface area contributed by atoms with Crippen LogP contribution in [0.3, 0.4) is 0 Å². The van der Waals surface area contributed by atoms with E-state index in [0.29, 0.717) is 75.1 Å². The number of rotatable bonds is 8. The van der Waals surface area contributed by atoms with Gasteiger partial charge in [0.2, 0.25) is 5.75 Å². The van der Waals surface area contributed by atoms with Crippen molar-refractivity contribution in [2.45, 2.75) is 19.8 Å². The van der Waals surface area contributed by atoms with E-state index in [2.05, 4.69) is 15.4 Å². The molecule has 41 heavy (non-hydrogen) atoms. The zero-order valence-corrected chi connectivity index (χ0v) is 23.4. The second-order valence-electron chi connectivity index (χ2n) is 10.0. The van der Waals surface area contributed by atoms with E-state index >= 15 is 0 Å². The van der Waals surface area contributed by atoms with Crippen molar-refractivity contribution in [3.8, 4) is 28.6 Å². The molecule has 4 aromatic rings. The molecule has 6 rings (SSSR count). The van der Waals surface area contributed by atoms with Crippen molar-refractivity contribution in [2.75, 3.05) is 51.2 Å². The molecule has 1 atom stereocenters. The highest BCUT2D eigenvalue weighted by molar-refractivity contribution is 6.28. The van der Waals surface area contributed by atoms with Gasteiger partial charge < -0.3 is 33.7 Å². The van der Waals surface area contributed by atoms with E-state index in [1.807, 2.05) is 31.2 Å². The predicted octanol–water partition coefficient (Wildman–Crippen LogP) is 5.59. The molecule has 1 fully saturated rings. The van der Waals surface area contributed by atoms with Gasteiger partial charge in [-0.2, -0.15) is 0 Å². The van der Waals surface area contributed by atoms with Crippen LogP contribution in [0.5, 0.6) is 17.2 Å². The summed E-state index contributed by atoms with van der Waals surface area (Å²) in [6.07, 6.45) is 1.57. The summed E-state index contributed by atoms with van der Waals surface area (Å²) in [4.78, 5) is 28.8. The van der Waals surface area contributed by atoms with E-state index < -0.39 is 0 Å². The average Bonchev–Trinajstić information content (AvgIpc) is 3.45. The number of anilines is 3. The highest BCUT2D eigenvalue weighted by Gasteiger charge is 2.35. The second kappa shape index (κ2) is 10.7. The van der Waals surface area contributed by atoms with Crippen LogP contribution in [-0.2, 0) is 9.53 Å². The maximum Gasteiger partial charge on any atom is 0.310 e. The van der Waals surface area contributed by atoms with Gasteiger partial charge in [0, 0.05) is 42.0 Å². The van der Waals surface area contributed by atoms with Gasteiger partial charge in [0.1, 0.15) is 5.52 Å². The molecule has 10 nitrogen and oxygen atoms in total. The van der Waals surface area contributed by atoms with Crippen molar-refractivity contribution >= 4 is 39.7 Å². The van der Waals surface area contributed by atoms with Gasteiger partial charge in [0.05, 0.1) is 56.2 Å². The number of hydrogen-bond acceptors (Lipinski definition) is 10. The molecule has 2 heterocycles. The summed E-state index contributed by atoms with van der Waals surface area (Å²) in [7, 11) is 4.65. The first kappa shape index (κ1) is 26.5. The van der Waals surface area contributed by atoms with Gasteiger partial charge in [-0.25, -0.2) is 0 Å². The summed E-state index contributed by atoms with van der Waals surface area (Å²) in [5.74, 6) is 1.35. The predicted molar refractivity (Wildman–Crippen MR) is 154 cm³/mol. The molecule has 1 N–H and O–H groups in total. The largest absolute Gasteiger partial charge is 0.493 e. The van der Waals surface area contributed by atoms with Crippen LogP contribution in [-0.4, -0.2) is 57.9 Å². The molecule has 0 radical (unpaired) electrons. The molecule has 1 saturated heterocycles. The van der Waals surface area contributed by atoms with E-state index in [0.717, 1.165) is 25.1 Å². The van der Waals surface area contributed by atoms with Gasteiger partial charge in [-0.1, -0.05) is 29.4 Å². The molecule has 212 valence electrons. The van der Waals surface area contributed by atoms with Gasteiger partial charge in [-0.3, -0.25) is 9.59 Å². The molecule has 0 amide bonds. The van der Waals surface area contributed by atoms with Crippen LogP contribution in [0.15, 0.2) is 47.0 Å². The maximum absolute atomic E-state index is 14.0. The topological polar surface area (TPSA) is 112 Å². The monoisotopic (exact) mass is 557 g/mol. The Morgan fingerprint density at radius 1 is 1.07 bits per heavy atom. The lowest BCUT2D eigenvalue weighted by molar-refractivity contribution is -0.148. The Hall–Kier alpha value is -4.73. The lowest BCUT2D eigenvalue weighted by atomic mass is 9.86. The van der Waals surface area contributed by atoms with Gasteiger partial charge in [0.15, 0.2) is 23.0 Å². The van der Waals surface area contributed by atoms with Crippen LogP contribution in [0.4, 0.5) is 17.1 Å².